The Morgan fingerprint density at radius 1 is 1.10 bits per heavy atom. The van der Waals surface area contributed by atoms with Crippen LogP contribution in [0.2, 0.25) is 0 Å². The molecule has 0 bridgehead atoms. The van der Waals surface area contributed by atoms with Crippen molar-refractivity contribution >= 4 is 22.4 Å². The molecule has 4 rings (SSSR count). The van der Waals surface area contributed by atoms with Crippen LogP contribution in [0.25, 0.3) is 10.9 Å². The van der Waals surface area contributed by atoms with Gasteiger partial charge < -0.3 is 15.1 Å². The fourth-order valence-electron chi connectivity index (χ4n) is 4.17. The monoisotopic (exact) mass is 389 g/mol. The Morgan fingerprint density at radius 2 is 1.79 bits per heavy atom. The van der Waals surface area contributed by atoms with Crippen LogP contribution in [0.3, 0.4) is 0 Å². The average Bonchev–Trinajstić information content (AvgIpc) is 3.11. The second kappa shape index (κ2) is 8.72. The topological polar surface area (TPSA) is 69.2 Å². The van der Waals surface area contributed by atoms with Crippen molar-refractivity contribution in [1.82, 2.24) is 9.88 Å². The molecule has 0 radical (unpaired) electrons. The largest absolute Gasteiger partial charge is 0.379 e. The molecular weight excluding hydrogens is 362 g/mol. The number of carbonyl (C=O) groups is 1. The highest BCUT2D eigenvalue weighted by atomic mass is 16.5. The van der Waals surface area contributed by atoms with E-state index < -0.39 is 5.92 Å². The van der Waals surface area contributed by atoms with Gasteiger partial charge in [-0.25, -0.2) is 0 Å². The first-order chi connectivity index (χ1) is 14.1. The van der Waals surface area contributed by atoms with Gasteiger partial charge in [0.2, 0.25) is 0 Å². The predicted molar refractivity (Wildman–Crippen MR) is 116 cm³/mol. The highest BCUT2D eigenvalue weighted by Gasteiger charge is 2.28. The quantitative estimate of drug-likeness (QED) is 0.604. The molecule has 0 spiro atoms. The zero-order chi connectivity index (χ0) is 20.2. The lowest BCUT2D eigenvalue weighted by atomic mass is 9.87. The maximum Gasteiger partial charge on any atom is 0.144 e. The molecule has 0 saturated carbocycles. The summed E-state index contributed by atoms with van der Waals surface area (Å²) in [6.45, 7) is 5.92. The summed E-state index contributed by atoms with van der Waals surface area (Å²) in [7, 11) is 0. The molecule has 0 amide bonds. The number of nitrogens with zero attached hydrogens (tertiary/aromatic N) is 1. The third-order valence-corrected chi connectivity index (χ3v) is 5.70. The SMILES string of the molecule is CC(=O)C(C(=N)c1ccccc1)c1[nH]c2ccccc2c1CCN1CCOCC1. The summed E-state index contributed by atoms with van der Waals surface area (Å²) in [5.74, 6) is -0.609. The van der Waals surface area contributed by atoms with Crippen molar-refractivity contribution in [2.45, 2.75) is 19.3 Å². The third-order valence-electron chi connectivity index (χ3n) is 5.70. The van der Waals surface area contributed by atoms with Gasteiger partial charge in [0.1, 0.15) is 5.78 Å². The zero-order valence-corrected chi connectivity index (χ0v) is 16.8. The van der Waals surface area contributed by atoms with Crippen molar-refractivity contribution in [1.29, 1.82) is 5.41 Å². The van der Waals surface area contributed by atoms with Gasteiger partial charge in [0.25, 0.3) is 0 Å². The van der Waals surface area contributed by atoms with Crippen LogP contribution >= 0.6 is 0 Å². The lowest BCUT2D eigenvalue weighted by Gasteiger charge is -2.27. The van der Waals surface area contributed by atoms with Crippen LogP contribution < -0.4 is 0 Å². The molecule has 1 aliphatic rings. The average molecular weight is 389 g/mol. The molecular formula is C24H27N3O2. The summed E-state index contributed by atoms with van der Waals surface area (Å²) in [4.78, 5) is 18.6. The Hall–Kier alpha value is -2.76. The zero-order valence-electron chi connectivity index (χ0n) is 16.8. The Kier molecular flexibility index (Phi) is 5.88. The number of rotatable bonds is 7. The van der Waals surface area contributed by atoms with Crippen LogP contribution in [0.1, 0.15) is 29.7 Å². The van der Waals surface area contributed by atoms with Crippen LogP contribution in [0.5, 0.6) is 0 Å². The van der Waals surface area contributed by atoms with Crippen molar-refractivity contribution in [2.24, 2.45) is 0 Å². The molecule has 1 aliphatic heterocycles. The van der Waals surface area contributed by atoms with Gasteiger partial charge in [0.15, 0.2) is 0 Å². The molecule has 1 fully saturated rings. The second-order valence-corrected chi connectivity index (χ2v) is 7.59. The summed E-state index contributed by atoms with van der Waals surface area (Å²) in [5.41, 5.74) is 4.16. The number of hydrogen-bond donors (Lipinski definition) is 2. The molecule has 1 aromatic heterocycles. The molecule has 2 N–H and O–H groups in total. The number of morpholine rings is 1. The van der Waals surface area contributed by atoms with E-state index in [4.69, 9.17) is 10.1 Å². The number of aromatic amines is 1. The van der Waals surface area contributed by atoms with Crippen molar-refractivity contribution < 1.29 is 9.53 Å². The van der Waals surface area contributed by atoms with E-state index in [1.807, 2.05) is 48.5 Å². The molecule has 29 heavy (non-hydrogen) atoms. The number of H-pyrrole nitrogens is 1. The fraction of sp³-hybridized carbons (Fsp3) is 0.333. The minimum absolute atomic E-state index is 0.0157. The first-order valence-electron chi connectivity index (χ1n) is 10.2. The number of benzene rings is 2. The minimum Gasteiger partial charge on any atom is -0.379 e. The summed E-state index contributed by atoms with van der Waals surface area (Å²) >= 11 is 0. The number of nitrogens with one attached hydrogen (secondary N) is 2. The minimum atomic E-state index is -0.593. The van der Waals surface area contributed by atoms with Crippen molar-refractivity contribution in [3.8, 4) is 0 Å². The molecule has 0 aliphatic carbocycles. The Balaban J connectivity index is 1.72. The number of aromatic nitrogens is 1. The van der Waals surface area contributed by atoms with Crippen LogP contribution in [0.15, 0.2) is 54.6 Å². The van der Waals surface area contributed by atoms with Gasteiger partial charge in [-0.3, -0.25) is 9.69 Å². The Labute approximate surface area is 171 Å². The van der Waals surface area contributed by atoms with Gasteiger partial charge in [-0.1, -0.05) is 48.5 Å². The number of ketones is 1. The Morgan fingerprint density at radius 3 is 2.52 bits per heavy atom. The lowest BCUT2D eigenvalue weighted by molar-refractivity contribution is -0.117. The molecule has 1 saturated heterocycles. The number of Topliss-reactive ketones (excluding diaryl/α,β-unsaturated/α-hetero) is 1. The van der Waals surface area contributed by atoms with Gasteiger partial charge in [-0.05, 0) is 30.5 Å². The van der Waals surface area contributed by atoms with E-state index in [0.717, 1.165) is 67.0 Å². The number of para-hydroxylation sites is 1. The molecule has 5 heteroatoms. The van der Waals surface area contributed by atoms with Crippen molar-refractivity contribution in [2.75, 3.05) is 32.8 Å². The highest BCUT2D eigenvalue weighted by molar-refractivity contribution is 6.16. The van der Waals surface area contributed by atoms with Crippen LogP contribution in [0, 0.1) is 5.41 Å². The summed E-state index contributed by atoms with van der Waals surface area (Å²) in [6.07, 6.45) is 0.838. The standard InChI is InChI=1S/C24H27N3O2/c1-17(28)22(23(25)18-7-3-2-4-8-18)24-20(11-12-27-13-15-29-16-14-27)19-9-5-6-10-21(19)26-24/h2-10,22,25-26H,11-16H2,1H3. The van der Waals surface area contributed by atoms with Crippen LogP contribution in [-0.2, 0) is 16.0 Å². The molecule has 2 aromatic carbocycles. The van der Waals surface area contributed by atoms with E-state index in [-0.39, 0.29) is 5.78 Å². The fourth-order valence-corrected chi connectivity index (χ4v) is 4.17. The predicted octanol–water partition coefficient (Wildman–Crippen LogP) is 3.78. The van der Waals surface area contributed by atoms with E-state index in [1.54, 1.807) is 6.92 Å². The number of fused-ring (bicyclic) bond motifs is 1. The van der Waals surface area contributed by atoms with Gasteiger partial charge in [0, 0.05) is 36.2 Å². The summed E-state index contributed by atoms with van der Waals surface area (Å²) < 4.78 is 5.46. The number of ether oxygens (including phenoxy) is 1. The maximum absolute atomic E-state index is 12.7. The van der Waals surface area contributed by atoms with Gasteiger partial charge in [-0.15, -0.1) is 0 Å². The summed E-state index contributed by atoms with van der Waals surface area (Å²) in [5, 5.41) is 9.93. The lowest BCUT2D eigenvalue weighted by Crippen LogP contribution is -2.37. The molecule has 150 valence electrons. The van der Waals surface area contributed by atoms with E-state index in [0.29, 0.717) is 5.71 Å². The number of carbonyl (C=O) groups excluding carboxylic acids is 1. The van der Waals surface area contributed by atoms with Crippen LogP contribution in [0.4, 0.5) is 0 Å². The van der Waals surface area contributed by atoms with Gasteiger partial charge in [0.05, 0.1) is 24.8 Å². The van der Waals surface area contributed by atoms with E-state index in [9.17, 15) is 4.79 Å². The van der Waals surface area contributed by atoms with Gasteiger partial charge in [-0.2, -0.15) is 0 Å². The molecule has 2 heterocycles. The normalized spacial score (nSPS) is 16.0. The first kappa shape index (κ1) is 19.6. The second-order valence-electron chi connectivity index (χ2n) is 7.59. The van der Waals surface area contributed by atoms with E-state index in [1.165, 1.54) is 0 Å². The first-order valence-corrected chi connectivity index (χ1v) is 10.2. The highest BCUT2D eigenvalue weighted by Crippen LogP contribution is 2.31. The van der Waals surface area contributed by atoms with Crippen LogP contribution in [-0.4, -0.2) is 54.2 Å². The van der Waals surface area contributed by atoms with Crippen molar-refractivity contribution in [3.05, 3.63) is 71.4 Å². The molecule has 1 unspecified atom stereocenters. The smallest absolute Gasteiger partial charge is 0.144 e. The summed E-state index contributed by atoms with van der Waals surface area (Å²) in [6, 6.07) is 17.7. The van der Waals surface area contributed by atoms with Crippen molar-refractivity contribution in [3.63, 3.8) is 0 Å². The molecule has 3 aromatic rings. The third kappa shape index (κ3) is 4.16. The molecule has 5 nitrogen and oxygen atoms in total. The van der Waals surface area contributed by atoms with Gasteiger partial charge >= 0.3 is 0 Å². The maximum atomic E-state index is 12.7. The Bertz CT molecular complexity index is 1000. The van der Waals surface area contributed by atoms with E-state index >= 15 is 0 Å². The molecule has 1 atom stereocenters. The number of hydrogen-bond acceptors (Lipinski definition) is 4. The van der Waals surface area contributed by atoms with E-state index in [2.05, 4.69) is 16.0 Å².